The molecule has 0 radical (unpaired) electrons. The summed E-state index contributed by atoms with van der Waals surface area (Å²) in [5.41, 5.74) is 2.50. The van der Waals surface area contributed by atoms with E-state index in [0.717, 1.165) is 42.4 Å². The molecule has 25 heavy (non-hydrogen) atoms. The van der Waals surface area contributed by atoms with Crippen LogP contribution in [0.15, 0.2) is 36.4 Å². The van der Waals surface area contributed by atoms with Crippen molar-refractivity contribution in [2.24, 2.45) is 0 Å². The lowest BCUT2D eigenvalue weighted by Gasteiger charge is -2.39. The van der Waals surface area contributed by atoms with Gasteiger partial charge >= 0.3 is 0 Å². The Hall–Kier alpha value is -2.16. The molecular formula is C22H28O3. The maximum atomic E-state index is 10.5. The predicted molar refractivity (Wildman–Crippen MR) is 100 cm³/mol. The fourth-order valence-corrected chi connectivity index (χ4v) is 4.23. The van der Waals surface area contributed by atoms with Gasteiger partial charge in [-0.1, -0.05) is 58.2 Å². The van der Waals surface area contributed by atoms with Crippen molar-refractivity contribution in [2.75, 3.05) is 0 Å². The first kappa shape index (κ1) is 17.7. The molecule has 134 valence electrons. The Bertz CT molecular complexity index is 765. The van der Waals surface area contributed by atoms with E-state index in [-0.39, 0.29) is 22.3 Å². The van der Waals surface area contributed by atoms with Crippen molar-refractivity contribution in [1.82, 2.24) is 0 Å². The van der Waals surface area contributed by atoms with Gasteiger partial charge in [0, 0.05) is 17.0 Å². The molecule has 3 nitrogen and oxygen atoms in total. The predicted octanol–water partition coefficient (Wildman–Crippen LogP) is 5.35. The van der Waals surface area contributed by atoms with Crippen molar-refractivity contribution in [2.45, 2.75) is 63.7 Å². The molecule has 1 aliphatic rings. The minimum atomic E-state index is -0.274. The highest BCUT2D eigenvalue weighted by Crippen LogP contribution is 2.49. The molecule has 1 saturated carbocycles. The lowest BCUT2D eigenvalue weighted by molar-refractivity contribution is 0.330. The lowest BCUT2D eigenvalue weighted by Crippen LogP contribution is -2.31. The quantitative estimate of drug-likeness (QED) is 0.690. The second kappa shape index (κ2) is 6.29. The van der Waals surface area contributed by atoms with E-state index in [2.05, 4.69) is 26.8 Å². The summed E-state index contributed by atoms with van der Waals surface area (Å²) in [4.78, 5) is 0. The molecule has 0 bridgehead atoms. The highest BCUT2D eigenvalue weighted by Gasteiger charge is 2.38. The maximum Gasteiger partial charge on any atom is 0.123 e. The van der Waals surface area contributed by atoms with Gasteiger partial charge in [0.2, 0.25) is 0 Å². The molecule has 1 fully saturated rings. The van der Waals surface area contributed by atoms with Gasteiger partial charge in [-0.3, -0.25) is 0 Å². The summed E-state index contributed by atoms with van der Waals surface area (Å²) >= 11 is 0. The van der Waals surface area contributed by atoms with Crippen LogP contribution in [0.2, 0.25) is 0 Å². The van der Waals surface area contributed by atoms with Crippen molar-refractivity contribution in [3.8, 4) is 17.2 Å². The molecule has 3 N–H and O–H groups in total. The molecule has 0 saturated heterocycles. The van der Waals surface area contributed by atoms with Gasteiger partial charge in [-0.2, -0.15) is 0 Å². The third-order valence-electron chi connectivity index (χ3n) is 5.56. The van der Waals surface area contributed by atoms with Crippen LogP contribution in [0, 0.1) is 0 Å². The molecule has 0 unspecified atom stereocenters. The summed E-state index contributed by atoms with van der Waals surface area (Å²) in [5, 5.41) is 30.6. The second-order valence-electron chi connectivity index (χ2n) is 8.33. The molecule has 2 aromatic carbocycles. The minimum absolute atomic E-state index is 0.0771. The van der Waals surface area contributed by atoms with E-state index in [9.17, 15) is 15.3 Å². The number of phenolic OH excluding ortho intramolecular Hbond substituents is 3. The fourth-order valence-electron chi connectivity index (χ4n) is 4.23. The molecular weight excluding hydrogens is 312 g/mol. The highest BCUT2D eigenvalue weighted by molar-refractivity contribution is 5.52. The summed E-state index contributed by atoms with van der Waals surface area (Å²) in [6, 6.07) is 10.8. The number of rotatable bonds is 2. The van der Waals surface area contributed by atoms with E-state index in [0.29, 0.717) is 5.75 Å². The summed E-state index contributed by atoms with van der Waals surface area (Å²) < 4.78 is 0. The van der Waals surface area contributed by atoms with Gasteiger partial charge in [-0.15, -0.1) is 0 Å². The van der Waals surface area contributed by atoms with Crippen LogP contribution in [0.5, 0.6) is 17.2 Å². The Labute approximate surface area is 150 Å². The van der Waals surface area contributed by atoms with Crippen molar-refractivity contribution in [1.29, 1.82) is 0 Å². The van der Waals surface area contributed by atoms with Gasteiger partial charge in [0.1, 0.15) is 17.2 Å². The first-order chi connectivity index (χ1) is 11.7. The second-order valence-corrected chi connectivity index (χ2v) is 8.33. The number of hydrogen-bond donors (Lipinski definition) is 3. The summed E-state index contributed by atoms with van der Waals surface area (Å²) in [6.07, 6.45) is 5.32. The third-order valence-corrected chi connectivity index (χ3v) is 5.56. The van der Waals surface area contributed by atoms with E-state index in [4.69, 9.17) is 0 Å². The Balaban J connectivity index is 2.20. The molecule has 0 heterocycles. The van der Waals surface area contributed by atoms with E-state index < -0.39 is 0 Å². The summed E-state index contributed by atoms with van der Waals surface area (Å²) in [7, 11) is 0. The molecule has 3 heteroatoms. The average Bonchev–Trinajstić information content (AvgIpc) is 2.54. The molecule has 0 spiro atoms. The van der Waals surface area contributed by atoms with Crippen molar-refractivity contribution >= 4 is 0 Å². The van der Waals surface area contributed by atoms with Gasteiger partial charge in [-0.25, -0.2) is 0 Å². The van der Waals surface area contributed by atoms with Crippen LogP contribution < -0.4 is 0 Å². The van der Waals surface area contributed by atoms with Gasteiger partial charge in [0.15, 0.2) is 0 Å². The van der Waals surface area contributed by atoms with Gasteiger partial charge < -0.3 is 15.3 Å². The Morgan fingerprint density at radius 1 is 0.800 bits per heavy atom. The summed E-state index contributed by atoms with van der Waals surface area (Å²) in [5.74, 6) is 0.540. The normalized spacial score (nSPS) is 17.4. The Kier molecular flexibility index (Phi) is 4.44. The van der Waals surface area contributed by atoms with Crippen LogP contribution in [0.3, 0.4) is 0 Å². The maximum absolute atomic E-state index is 10.5. The van der Waals surface area contributed by atoms with Gasteiger partial charge in [-0.05, 0) is 41.5 Å². The van der Waals surface area contributed by atoms with Crippen molar-refractivity contribution < 1.29 is 15.3 Å². The van der Waals surface area contributed by atoms with E-state index in [1.807, 2.05) is 12.1 Å². The van der Waals surface area contributed by atoms with Crippen molar-refractivity contribution in [3.05, 3.63) is 53.1 Å². The van der Waals surface area contributed by atoms with Crippen molar-refractivity contribution in [3.63, 3.8) is 0 Å². The first-order valence-electron chi connectivity index (χ1n) is 9.10. The zero-order chi connectivity index (χ0) is 18.2. The van der Waals surface area contributed by atoms with Gasteiger partial charge in [0.25, 0.3) is 0 Å². The molecule has 2 aromatic rings. The Morgan fingerprint density at radius 2 is 1.48 bits per heavy atom. The minimum Gasteiger partial charge on any atom is -0.508 e. The standard InChI is InChI=1S/C22H28O3/c1-21(2,3)18-13-15(7-10-19(18)24)22(11-5-4-6-12-22)17-9-8-16(23)14-20(17)25/h7-10,13-14,23-25H,4-6,11-12H2,1-3H3. The van der Waals surface area contributed by atoms with E-state index in [1.165, 1.54) is 12.5 Å². The van der Waals surface area contributed by atoms with Crippen LogP contribution >= 0.6 is 0 Å². The zero-order valence-electron chi connectivity index (χ0n) is 15.3. The lowest BCUT2D eigenvalue weighted by atomic mass is 9.64. The topological polar surface area (TPSA) is 60.7 Å². The van der Waals surface area contributed by atoms with E-state index in [1.54, 1.807) is 12.1 Å². The monoisotopic (exact) mass is 340 g/mol. The Morgan fingerprint density at radius 3 is 2.08 bits per heavy atom. The van der Waals surface area contributed by atoms with Gasteiger partial charge in [0.05, 0.1) is 0 Å². The largest absolute Gasteiger partial charge is 0.508 e. The molecule has 0 aromatic heterocycles. The number of aromatic hydroxyl groups is 3. The SMILES string of the molecule is CC(C)(C)c1cc(C2(c3ccc(O)cc3O)CCCCC2)ccc1O. The molecule has 1 aliphatic carbocycles. The molecule has 3 rings (SSSR count). The number of benzene rings is 2. The van der Waals surface area contributed by atoms with Crippen LogP contribution in [0.4, 0.5) is 0 Å². The van der Waals surface area contributed by atoms with Crippen LogP contribution in [0.25, 0.3) is 0 Å². The fraction of sp³-hybridized carbons (Fsp3) is 0.455. The summed E-state index contributed by atoms with van der Waals surface area (Å²) in [6.45, 7) is 6.28. The molecule has 0 atom stereocenters. The van der Waals surface area contributed by atoms with Crippen LogP contribution in [-0.4, -0.2) is 15.3 Å². The first-order valence-corrected chi connectivity index (χ1v) is 9.10. The highest BCUT2D eigenvalue weighted by atomic mass is 16.3. The average molecular weight is 340 g/mol. The number of phenols is 3. The van der Waals surface area contributed by atoms with E-state index >= 15 is 0 Å². The van der Waals surface area contributed by atoms with Crippen LogP contribution in [-0.2, 0) is 10.8 Å². The van der Waals surface area contributed by atoms with Crippen LogP contribution in [0.1, 0.15) is 69.6 Å². The smallest absolute Gasteiger partial charge is 0.123 e. The zero-order valence-corrected chi connectivity index (χ0v) is 15.3. The third kappa shape index (κ3) is 3.20. The molecule has 0 aliphatic heterocycles. The number of hydrogen-bond acceptors (Lipinski definition) is 3. The molecule has 0 amide bonds.